The normalized spacial score (nSPS) is 15.3. The van der Waals surface area contributed by atoms with Gasteiger partial charge in [0.25, 0.3) is 0 Å². The first-order valence-corrected chi connectivity index (χ1v) is 8.20. The van der Waals surface area contributed by atoms with Crippen molar-refractivity contribution in [2.45, 2.75) is 23.1 Å². The zero-order valence-electron chi connectivity index (χ0n) is 10.3. The van der Waals surface area contributed by atoms with Gasteiger partial charge in [-0.3, -0.25) is 0 Å². The van der Waals surface area contributed by atoms with Gasteiger partial charge in [-0.05, 0) is 25.3 Å². The molecule has 102 valence electrons. The molecule has 0 saturated heterocycles. The number of benzene rings is 1. The molecule has 2 unspecified atom stereocenters. The minimum absolute atomic E-state index is 0.0645. The summed E-state index contributed by atoms with van der Waals surface area (Å²) in [5.41, 5.74) is 5.86. The molecule has 4 N–H and O–H groups in total. The van der Waals surface area contributed by atoms with Crippen LogP contribution >= 0.6 is 11.8 Å². The molecule has 0 heterocycles. The van der Waals surface area contributed by atoms with Crippen LogP contribution in [0, 0.1) is 0 Å². The summed E-state index contributed by atoms with van der Waals surface area (Å²) in [6.45, 7) is 1.63. The summed E-state index contributed by atoms with van der Waals surface area (Å²) < 4.78 is 26.8. The molecule has 0 aliphatic heterocycles. The molecule has 0 saturated carbocycles. The van der Waals surface area contributed by atoms with Crippen molar-refractivity contribution >= 4 is 27.5 Å². The second kappa shape index (κ2) is 6.42. The Bertz CT molecular complexity index is 487. The topological polar surface area (TPSA) is 92.4 Å². The van der Waals surface area contributed by atoms with E-state index in [4.69, 9.17) is 10.8 Å². The highest BCUT2D eigenvalue weighted by molar-refractivity contribution is 7.99. The van der Waals surface area contributed by atoms with E-state index in [2.05, 4.69) is 4.72 Å². The fourth-order valence-corrected chi connectivity index (χ4v) is 3.67. The molecule has 0 bridgehead atoms. The number of aliphatic hydroxyl groups excluding tert-OH is 1. The standard InChI is InChI=1S/C11H18N2O3S2/c1-8(10(7-14)17-2)13-18(15,16)11-6-4-3-5-9(11)12/h3-6,8,10,13-14H,7,12H2,1-2H3. The predicted molar refractivity (Wildman–Crippen MR) is 75.0 cm³/mol. The summed E-state index contributed by atoms with van der Waals surface area (Å²) in [6, 6.07) is 5.91. The lowest BCUT2D eigenvalue weighted by atomic mass is 10.3. The molecule has 0 fully saturated rings. The van der Waals surface area contributed by atoms with Gasteiger partial charge in [-0.15, -0.1) is 0 Å². The number of nitrogens with one attached hydrogen (secondary N) is 1. The number of para-hydroxylation sites is 1. The molecule has 18 heavy (non-hydrogen) atoms. The third-order valence-corrected chi connectivity index (χ3v) is 5.39. The molecule has 1 rings (SSSR count). The molecule has 0 amide bonds. The molecule has 0 aliphatic rings. The van der Waals surface area contributed by atoms with Crippen LogP contribution in [-0.4, -0.2) is 37.7 Å². The number of nitrogens with two attached hydrogens (primary N) is 1. The summed E-state index contributed by atoms with van der Waals surface area (Å²) in [6.07, 6.45) is 1.82. The SMILES string of the molecule is CSC(CO)C(C)NS(=O)(=O)c1ccccc1N. The number of anilines is 1. The molecule has 1 aromatic carbocycles. The summed E-state index contributed by atoms with van der Waals surface area (Å²) in [5, 5.41) is 8.95. The molecule has 1 aromatic rings. The monoisotopic (exact) mass is 290 g/mol. The van der Waals surface area contributed by atoms with E-state index in [0.29, 0.717) is 0 Å². The van der Waals surface area contributed by atoms with Gasteiger partial charge in [0.2, 0.25) is 10.0 Å². The summed E-state index contributed by atoms with van der Waals surface area (Å²) in [4.78, 5) is 0.0645. The van der Waals surface area contributed by atoms with Crippen molar-refractivity contribution < 1.29 is 13.5 Å². The minimum Gasteiger partial charge on any atom is -0.398 e. The second-order valence-corrected chi connectivity index (χ2v) is 6.66. The number of sulfonamides is 1. The van der Waals surface area contributed by atoms with E-state index in [1.54, 1.807) is 19.1 Å². The van der Waals surface area contributed by atoms with Gasteiger partial charge in [0, 0.05) is 11.3 Å². The zero-order chi connectivity index (χ0) is 13.8. The van der Waals surface area contributed by atoms with Crippen molar-refractivity contribution in [3.05, 3.63) is 24.3 Å². The number of aliphatic hydroxyl groups is 1. The Morgan fingerprint density at radius 1 is 1.44 bits per heavy atom. The van der Waals surface area contributed by atoms with Crippen molar-refractivity contribution in [3.63, 3.8) is 0 Å². The smallest absolute Gasteiger partial charge is 0.242 e. The van der Waals surface area contributed by atoms with E-state index in [1.807, 2.05) is 6.26 Å². The third-order valence-electron chi connectivity index (χ3n) is 2.59. The Morgan fingerprint density at radius 2 is 2.06 bits per heavy atom. The maximum absolute atomic E-state index is 12.1. The van der Waals surface area contributed by atoms with Crippen LogP contribution in [-0.2, 0) is 10.0 Å². The maximum Gasteiger partial charge on any atom is 0.242 e. The highest BCUT2D eigenvalue weighted by atomic mass is 32.2. The van der Waals surface area contributed by atoms with E-state index in [1.165, 1.54) is 23.9 Å². The molecule has 0 spiro atoms. The lowest BCUT2D eigenvalue weighted by Gasteiger charge is -2.21. The van der Waals surface area contributed by atoms with Gasteiger partial charge in [0.05, 0.1) is 12.3 Å². The van der Waals surface area contributed by atoms with Crippen molar-refractivity contribution in [1.29, 1.82) is 0 Å². The van der Waals surface area contributed by atoms with Crippen molar-refractivity contribution in [3.8, 4) is 0 Å². The van der Waals surface area contributed by atoms with Crippen LogP contribution in [0.3, 0.4) is 0 Å². The highest BCUT2D eigenvalue weighted by Crippen LogP contribution is 2.19. The first kappa shape index (κ1) is 15.3. The van der Waals surface area contributed by atoms with Gasteiger partial charge in [0.1, 0.15) is 4.90 Å². The quantitative estimate of drug-likeness (QED) is 0.669. The van der Waals surface area contributed by atoms with Gasteiger partial charge >= 0.3 is 0 Å². The summed E-state index contributed by atoms with van der Waals surface area (Å²) >= 11 is 1.41. The van der Waals surface area contributed by atoms with Gasteiger partial charge in [-0.1, -0.05) is 12.1 Å². The van der Waals surface area contributed by atoms with E-state index < -0.39 is 10.0 Å². The number of rotatable bonds is 6. The molecule has 7 heteroatoms. The molecular weight excluding hydrogens is 272 g/mol. The third kappa shape index (κ3) is 3.61. The van der Waals surface area contributed by atoms with Gasteiger partial charge in [0.15, 0.2) is 0 Å². The predicted octanol–water partition coefficient (Wildman–Crippen LogP) is 0.659. The lowest BCUT2D eigenvalue weighted by molar-refractivity contribution is 0.282. The summed E-state index contributed by atoms with van der Waals surface area (Å²) in [7, 11) is -3.65. The van der Waals surface area contributed by atoms with E-state index in [9.17, 15) is 8.42 Å². The van der Waals surface area contributed by atoms with Gasteiger partial charge in [-0.2, -0.15) is 11.8 Å². The molecule has 2 atom stereocenters. The number of thioether (sulfide) groups is 1. The van der Waals surface area contributed by atoms with Crippen LogP contribution in [0.2, 0.25) is 0 Å². The Morgan fingerprint density at radius 3 is 2.56 bits per heavy atom. The first-order valence-electron chi connectivity index (χ1n) is 5.43. The van der Waals surface area contributed by atoms with Crippen LogP contribution in [0.5, 0.6) is 0 Å². The molecule has 0 radical (unpaired) electrons. The Labute approximate surface area is 112 Å². The second-order valence-electron chi connectivity index (χ2n) is 3.90. The van der Waals surface area contributed by atoms with E-state index in [-0.39, 0.29) is 28.5 Å². The van der Waals surface area contributed by atoms with Gasteiger partial charge in [-0.25, -0.2) is 13.1 Å². The zero-order valence-corrected chi connectivity index (χ0v) is 12.0. The van der Waals surface area contributed by atoms with E-state index >= 15 is 0 Å². The minimum atomic E-state index is -3.65. The van der Waals surface area contributed by atoms with E-state index in [0.717, 1.165) is 0 Å². The van der Waals surface area contributed by atoms with Crippen LogP contribution < -0.4 is 10.5 Å². The average Bonchev–Trinajstić information content (AvgIpc) is 2.30. The fourth-order valence-electron chi connectivity index (χ4n) is 1.55. The van der Waals surface area contributed by atoms with Gasteiger partial charge < -0.3 is 10.8 Å². The molecular formula is C11H18N2O3S2. The lowest BCUT2D eigenvalue weighted by Crippen LogP contribution is -2.41. The Balaban J connectivity index is 2.93. The molecule has 5 nitrogen and oxygen atoms in total. The average molecular weight is 290 g/mol. The van der Waals surface area contributed by atoms with Crippen molar-refractivity contribution in [1.82, 2.24) is 4.72 Å². The maximum atomic E-state index is 12.1. The Hall–Kier alpha value is -0.760. The first-order chi connectivity index (χ1) is 8.42. The fraction of sp³-hybridized carbons (Fsp3) is 0.455. The molecule has 0 aliphatic carbocycles. The van der Waals surface area contributed by atoms with Crippen molar-refractivity contribution in [2.75, 3.05) is 18.6 Å². The van der Waals surface area contributed by atoms with Crippen LogP contribution in [0.15, 0.2) is 29.2 Å². The summed E-state index contributed by atoms with van der Waals surface area (Å²) in [5.74, 6) is 0. The highest BCUT2D eigenvalue weighted by Gasteiger charge is 2.24. The number of hydrogen-bond donors (Lipinski definition) is 3. The Kier molecular flexibility index (Phi) is 5.46. The van der Waals surface area contributed by atoms with Crippen LogP contribution in [0.4, 0.5) is 5.69 Å². The molecule has 0 aromatic heterocycles. The van der Waals surface area contributed by atoms with Crippen LogP contribution in [0.25, 0.3) is 0 Å². The van der Waals surface area contributed by atoms with Crippen LogP contribution in [0.1, 0.15) is 6.92 Å². The van der Waals surface area contributed by atoms with Crippen molar-refractivity contribution in [2.24, 2.45) is 0 Å². The number of hydrogen-bond acceptors (Lipinski definition) is 5. The number of nitrogen functional groups attached to an aromatic ring is 1. The largest absolute Gasteiger partial charge is 0.398 e.